The van der Waals surface area contributed by atoms with Crippen LogP contribution in [0.2, 0.25) is 0 Å². The van der Waals surface area contributed by atoms with Crippen molar-refractivity contribution in [3.05, 3.63) is 48.9 Å². The van der Waals surface area contributed by atoms with Gasteiger partial charge in [-0.25, -0.2) is 15.0 Å². The predicted molar refractivity (Wildman–Crippen MR) is 84.7 cm³/mol. The molecule has 106 valence electrons. The average molecular weight is 279 g/mol. The summed E-state index contributed by atoms with van der Waals surface area (Å²) < 4.78 is 2.12. The quantitative estimate of drug-likeness (QED) is 0.745. The number of allylic oxidation sites excluding steroid dienone is 1. The van der Waals surface area contributed by atoms with E-state index in [1.54, 1.807) is 6.20 Å². The molecule has 0 unspecified atom stereocenters. The molecule has 0 amide bonds. The average Bonchev–Trinajstić information content (AvgIpc) is 2.79. The fourth-order valence-electron chi connectivity index (χ4n) is 2.37. The van der Waals surface area contributed by atoms with Crippen LogP contribution in [-0.2, 0) is 6.54 Å². The van der Waals surface area contributed by atoms with Gasteiger partial charge in [-0.1, -0.05) is 6.08 Å². The minimum absolute atomic E-state index is 0.491. The normalized spacial score (nSPS) is 10.9. The molecule has 0 radical (unpaired) electrons. The highest BCUT2D eigenvalue weighted by molar-refractivity contribution is 5.76. The summed E-state index contributed by atoms with van der Waals surface area (Å²) in [4.78, 5) is 13.3. The van der Waals surface area contributed by atoms with Crippen LogP contribution in [0.3, 0.4) is 0 Å². The SMILES string of the molecule is C=CCCn1c(C)nc2ccc(-c3ccnc(N)c3)nc21. The lowest BCUT2D eigenvalue weighted by Gasteiger charge is -2.06. The van der Waals surface area contributed by atoms with Crippen LogP contribution in [0.5, 0.6) is 0 Å². The highest BCUT2D eigenvalue weighted by Gasteiger charge is 2.10. The van der Waals surface area contributed by atoms with E-state index in [1.807, 2.05) is 37.3 Å². The summed E-state index contributed by atoms with van der Waals surface area (Å²) in [6.45, 7) is 6.60. The zero-order valence-electron chi connectivity index (χ0n) is 12.0. The van der Waals surface area contributed by atoms with E-state index in [4.69, 9.17) is 10.7 Å². The van der Waals surface area contributed by atoms with Gasteiger partial charge in [0, 0.05) is 18.3 Å². The predicted octanol–water partition coefficient (Wildman–Crippen LogP) is 2.96. The molecule has 0 saturated carbocycles. The Kier molecular flexibility index (Phi) is 3.39. The maximum absolute atomic E-state index is 5.74. The first-order valence-electron chi connectivity index (χ1n) is 6.85. The van der Waals surface area contributed by atoms with Crippen LogP contribution in [-0.4, -0.2) is 19.5 Å². The van der Waals surface area contributed by atoms with Crippen molar-refractivity contribution in [3.63, 3.8) is 0 Å². The summed E-state index contributed by atoms with van der Waals surface area (Å²) in [6.07, 6.45) is 4.48. The fraction of sp³-hybridized carbons (Fsp3) is 0.188. The molecule has 3 heterocycles. The third kappa shape index (κ3) is 2.50. The Balaban J connectivity index is 2.12. The van der Waals surface area contributed by atoms with Crippen molar-refractivity contribution in [2.45, 2.75) is 19.9 Å². The summed E-state index contributed by atoms with van der Waals surface area (Å²) >= 11 is 0. The maximum atomic E-state index is 5.74. The standard InChI is InChI=1S/C16H17N5/c1-3-4-9-21-11(2)19-14-6-5-13(20-16(14)21)12-7-8-18-15(17)10-12/h3,5-8,10H,1,4,9H2,2H3,(H2,17,18). The van der Waals surface area contributed by atoms with Gasteiger partial charge in [0.25, 0.3) is 0 Å². The Bertz CT molecular complexity index is 804. The van der Waals surface area contributed by atoms with E-state index in [2.05, 4.69) is 21.1 Å². The number of aryl methyl sites for hydroxylation is 2. The van der Waals surface area contributed by atoms with E-state index >= 15 is 0 Å². The molecule has 0 spiro atoms. The van der Waals surface area contributed by atoms with Gasteiger partial charge in [-0.2, -0.15) is 0 Å². The molecule has 0 aliphatic heterocycles. The van der Waals surface area contributed by atoms with Crippen LogP contribution in [0, 0.1) is 6.92 Å². The highest BCUT2D eigenvalue weighted by Crippen LogP contribution is 2.22. The topological polar surface area (TPSA) is 69.6 Å². The number of pyridine rings is 2. The zero-order valence-corrected chi connectivity index (χ0v) is 12.0. The van der Waals surface area contributed by atoms with Crippen molar-refractivity contribution in [1.29, 1.82) is 0 Å². The second kappa shape index (κ2) is 5.36. The van der Waals surface area contributed by atoms with E-state index in [1.165, 1.54) is 0 Å². The molecule has 3 rings (SSSR count). The molecule has 5 nitrogen and oxygen atoms in total. The monoisotopic (exact) mass is 279 g/mol. The van der Waals surface area contributed by atoms with E-state index in [-0.39, 0.29) is 0 Å². The Morgan fingerprint density at radius 1 is 1.29 bits per heavy atom. The molecule has 21 heavy (non-hydrogen) atoms. The first-order chi connectivity index (χ1) is 10.2. The molecule has 0 saturated heterocycles. The molecule has 5 heteroatoms. The van der Waals surface area contributed by atoms with E-state index in [0.29, 0.717) is 5.82 Å². The molecule has 2 N–H and O–H groups in total. The Morgan fingerprint density at radius 3 is 2.90 bits per heavy atom. The van der Waals surface area contributed by atoms with Crippen LogP contribution in [0.4, 0.5) is 5.82 Å². The lowest BCUT2D eigenvalue weighted by Crippen LogP contribution is -2.01. The number of imidazole rings is 1. The number of anilines is 1. The van der Waals surface area contributed by atoms with Gasteiger partial charge in [-0.3, -0.25) is 0 Å². The van der Waals surface area contributed by atoms with Crippen LogP contribution in [0.1, 0.15) is 12.2 Å². The molecule has 0 aliphatic carbocycles. The highest BCUT2D eigenvalue weighted by atomic mass is 15.1. The van der Waals surface area contributed by atoms with Crippen LogP contribution >= 0.6 is 0 Å². The lowest BCUT2D eigenvalue weighted by molar-refractivity contribution is 0.699. The Morgan fingerprint density at radius 2 is 2.14 bits per heavy atom. The summed E-state index contributed by atoms with van der Waals surface area (Å²) in [5.41, 5.74) is 9.37. The lowest BCUT2D eigenvalue weighted by atomic mass is 10.2. The van der Waals surface area contributed by atoms with Crippen molar-refractivity contribution in [2.24, 2.45) is 0 Å². The summed E-state index contributed by atoms with van der Waals surface area (Å²) in [6, 6.07) is 7.68. The molecule has 0 aliphatic rings. The number of nitrogen functional groups attached to an aromatic ring is 1. The second-order valence-corrected chi connectivity index (χ2v) is 4.90. The van der Waals surface area contributed by atoms with Gasteiger partial charge < -0.3 is 10.3 Å². The summed E-state index contributed by atoms with van der Waals surface area (Å²) in [7, 11) is 0. The number of hydrogen-bond donors (Lipinski definition) is 1. The van der Waals surface area contributed by atoms with Gasteiger partial charge in [0.15, 0.2) is 5.65 Å². The minimum Gasteiger partial charge on any atom is -0.384 e. The van der Waals surface area contributed by atoms with Gasteiger partial charge in [0.1, 0.15) is 17.2 Å². The van der Waals surface area contributed by atoms with Crippen LogP contribution in [0.15, 0.2) is 43.1 Å². The molecular formula is C16H17N5. The Hall–Kier alpha value is -2.69. The van der Waals surface area contributed by atoms with Crippen LogP contribution in [0.25, 0.3) is 22.4 Å². The number of hydrogen-bond acceptors (Lipinski definition) is 4. The van der Waals surface area contributed by atoms with Gasteiger partial charge in [-0.05, 0) is 37.6 Å². The van der Waals surface area contributed by atoms with Gasteiger partial charge in [0.05, 0.1) is 5.69 Å². The fourth-order valence-corrected chi connectivity index (χ4v) is 2.37. The van der Waals surface area contributed by atoms with E-state index in [9.17, 15) is 0 Å². The Labute approximate surface area is 123 Å². The van der Waals surface area contributed by atoms with Crippen molar-refractivity contribution in [2.75, 3.05) is 5.73 Å². The molecule has 0 aromatic carbocycles. The number of nitrogens with zero attached hydrogens (tertiary/aromatic N) is 4. The van der Waals surface area contributed by atoms with E-state index < -0.39 is 0 Å². The smallest absolute Gasteiger partial charge is 0.160 e. The van der Waals surface area contributed by atoms with Gasteiger partial charge >= 0.3 is 0 Å². The van der Waals surface area contributed by atoms with E-state index in [0.717, 1.165) is 41.2 Å². The first kappa shape index (κ1) is 13.3. The first-order valence-corrected chi connectivity index (χ1v) is 6.85. The van der Waals surface area contributed by atoms with Crippen molar-refractivity contribution in [1.82, 2.24) is 19.5 Å². The molecule has 0 atom stereocenters. The third-order valence-corrected chi connectivity index (χ3v) is 3.42. The molecule has 3 aromatic rings. The summed E-state index contributed by atoms with van der Waals surface area (Å²) in [5.74, 6) is 1.46. The van der Waals surface area contributed by atoms with Crippen molar-refractivity contribution >= 4 is 17.0 Å². The van der Waals surface area contributed by atoms with Crippen molar-refractivity contribution < 1.29 is 0 Å². The molecule has 3 aromatic heterocycles. The molecule has 0 fully saturated rings. The maximum Gasteiger partial charge on any atom is 0.160 e. The number of nitrogens with two attached hydrogens (primary N) is 1. The van der Waals surface area contributed by atoms with Crippen molar-refractivity contribution in [3.8, 4) is 11.3 Å². The molecular weight excluding hydrogens is 262 g/mol. The zero-order chi connectivity index (χ0) is 14.8. The third-order valence-electron chi connectivity index (χ3n) is 3.42. The number of aromatic nitrogens is 4. The molecule has 0 bridgehead atoms. The number of fused-ring (bicyclic) bond motifs is 1. The largest absolute Gasteiger partial charge is 0.384 e. The summed E-state index contributed by atoms with van der Waals surface area (Å²) in [5, 5.41) is 0. The van der Waals surface area contributed by atoms with Gasteiger partial charge in [0.2, 0.25) is 0 Å². The number of rotatable bonds is 4. The van der Waals surface area contributed by atoms with Gasteiger partial charge in [-0.15, -0.1) is 6.58 Å². The van der Waals surface area contributed by atoms with Crippen LogP contribution < -0.4 is 5.73 Å². The second-order valence-electron chi connectivity index (χ2n) is 4.90. The minimum atomic E-state index is 0.491.